The number of nitrogens with zero attached hydrogens (tertiary/aromatic N) is 3. The second-order valence-corrected chi connectivity index (χ2v) is 4.20. The predicted molar refractivity (Wildman–Crippen MR) is 71.5 cm³/mol. The third-order valence-corrected chi connectivity index (χ3v) is 3.00. The molecule has 4 nitrogen and oxygen atoms in total. The van der Waals surface area contributed by atoms with Crippen LogP contribution in [0.4, 0.5) is 21.6 Å². The predicted octanol–water partition coefficient (Wildman–Crippen LogP) is 2.47. The Labute approximate surface area is 106 Å². The number of aryl methyl sites for hydroxylation is 2. The van der Waals surface area contributed by atoms with Crippen LogP contribution in [-0.4, -0.2) is 16.8 Å². The molecule has 0 radical (unpaired) electrons. The van der Waals surface area contributed by atoms with Crippen LogP contribution in [0.1, 0.15) is 12.6 Å². The van der Waals surface area contributed by atoms with E-state index in [0.717, 1.165) is 23.6 Å². The van der Waals surface area contributed by atoms with Gasteiger partial charge < -0.3 is 10.6 Å². The van der Waals surface area contributed by atoms with Crippen LogP contribution in [0.5, 0.6) is 0 Å². The van der Waals surface area contributed by atoms with E-state index in [1.54, 1.807) is 16.8 Å². The molecule has 0 saturated carbocycles. The Balaban J connectivity index is 2.42. The zero-order chi connectivity index (χ0) is 13.3. The summed E-state index contributed by atoms with van der Waals surface area (Å²) in [6.45, 7) is 2.01. The average Bonchev–Trinajstić information content (AvgIpc) is 2.64. The van der Waals surface area contributed by atoms with Crippen LogP contribution >= 0.6 is 0 Å². The summed E-state index contributed by atoms with van der Waals surface area (Å²) in [7, 11) is 3.74. The SMILES string of the molecule is CCc1nn(C)c(N(C)c2ccc(F)cc2)c1N. The van der Waals surface area contributed by atoms with Crippen LogP contribution in [0.3, 0.4) is 0 Å². The Hall–Kier alpha value is -2.04. The number of halogens is 1. The Bertz CT molecular complexity index is 545. The summed E-state index contributed by atoms with van der Waals surface area (Å²) >= 11 is 0. The molecule has 2 N–H and O–H groups in total. The number of benzene rings is 1. The summed E-state index contributed by atoms with van der Waals surface area (Å²) in [4.78, 5) is 1.90. The Morgan fingerprint density at radius 2 is 1.94 bits per heavy atom. The molecule has 0 unspecified atom stereocenters. The molecule has 0 amide bonds. The molecule has 0 bridgehead atoms. The normalized spacial score (nSPS) is 10.7. The molecule has 1 heterocycles. The fourth-order valence-corrected chi connectivity index (χ4v) is 2.03. The lowest BCUT2D eigenvalue weighted by molar-refractivity contribution is 0.628. The van der Waals surface area contributed by atoms with Crippen molar-refractivity contribution in [2.24, 2.45) is 7.05 Å². The molecule has 2 rings (SSSR count). The van der Waals surface area contributed by atoms with E-state index >= 15 is 0 Å². The topological polar surface area (TPSA) is 47.1 Å². The van der Waals surface area contributed by atoms with Crippen LogP contribution in [-0.2, 0) is 13.5 Å². The first-order chi connectivity index (χ1) is 8.54. The van der Waals surface area contributed by atoms with Gasteiger partial charge in [-0.25, -0.2) is 4.39 Å². The lowest BCUT2D eigenvalue weighted by atomic mass is 10.2. The number of anilines is 3. The van der Waals surface area contributed by atoms with Gasteiger partial charge in [-0.3, -0.25) is 4.68 Å². The van der Waals surface area contributed by atoms with E-state index in [1.807, 2.05) is 25.9 Å². The van der Waals surface area contributed by atoms with Gasteiger partial charge in [0, 0.05) is 19.8 Å². The lowest BCUT2D eigenvalue weighted by Gasteiger charge is -2.20. The standard InChI is InChI=1S/C13H17FN4/c1-4-11-12(15)13(18(3)16-11)17(2)10-7-5-9(14)6-8-10/h5-8H,4,15H2,1-3H3. The van der Waals surface area contributed by atoms with Crippen molar-refractivity contribution in [3.8, 4) is 0 Å². The van der Waals surface area contributed by atoms with Gasteiger partial charge in [-0.2, -0.15) is 5.10 Å². The van der Waals surface area contributed by atoms with Crippen LogP contribution in [0.15, 0.2) is 24.3 Å². The maximum atomic E-state index is 12.9. The minimum Gasteiger partial charge on any atom is -0.394 e. The first-order valence-electron chi connectivity index (χ1n) is 5.85. The summed E-state index contributed by atoms with van der Waals surface area (Å²) in [5, 5.41) is 4.37. The van der Waals surface area contributed by atoms with E-state index in [1.165, 1.54) is 12.1 Å². The van der Waals surface area contributed by atoms with Crippen molar-refractivity contribution in [1.82, 2.24) is 9.78 Å². The number of nitrogens with two attached hydrogens (primary N) is 1. The quantitative estimate of drug-likeness (QED) is 0.907. The molecule has 1 aromatic heterocycles. The van der Waals surface area contributed by atoms with Crippen molar-refractivity contribution in [1.29, 1.82) is 0 Å². The third-order valence-electron chi connectivity index (χ3n) is 3.00. The molecule has 5 heteroatoms. The zero-order valence-corrected chi connectivity index (χ0v) is 10.8. The summed E-state index contributed by atoms with van der Waals surface area (Å²) < 4.78 is 14.7. The zero-order valence-electron chi connectivity index (χ0n) is 10.8. The minimum absolute atomic E-state index is 0.251. The van der Waals surface area contributed by atoms with Gasteiger partial charge in [0.25, 0.3) is 0 Å². The van der Waals surface area contributed by atoms with Crippen molar-refractivity contribution in [3.63, 3.8) is 0 Å². The second-order valence-electron chi connectivity index (χ2n) is 4.20. The number of rotatable bonds is 3. The number of nitrogen functional groups attached to an aromatic ring is 1. The molecule has 0 fully saturated rings. The van der Waals surface area contributed by atoms with Gasteiger partial charge >= 0.3 is 0 Å². The number of aromatic nitrogens is 2. The van der Waals surface area contributed by atoms with Crippen molar-refractivity contribution >= 4 is 17.2 Å². The van der Waals surface area contributed by atoms with Crippen molar-refractivity contribution in [2.75, 3.05) is 17.7 Å². The maximum absolute atomic E-state index is 12.9. The van der Waals surface area contributed by atoms with Gasteiger partial charge in [0.05, 0.1) is 11.4 Å². The molecule has 2 aromatic rings. The third kappa shape index (κ3) is 2.03. The number of hydrogen-bond acceptors (Lipinski definition) is 3. The van der Waals surface area contributed by atoms with Crippen molar-refractivity contribution < 1.29 is 4.39 Å². The summed E-state index contributed by atoms with van der Waals surface area (Å²) in [5.74, 6) is 0.567. The molecule has 0 atom stereocenters. The molecule has 18 heavy (non-hydrogen) atoms. The molecule has 0 saturated heterocycles. The molecule has 1 aromatic carbocycles. The fraction of sp³-hybridized carbons (Fsp3) is 0.308. The smallest absolute Gasteiger partial charge is 0.154 e. The van der Waals surface area contributed by atoms with E-state index in [0.29, 0.717) is 5.69 Å². The molecule has 96 valence electrons. The van der Waals surface area contributed by atoms with Crippen LogP contribution < -0.4 is 10.6 Å². The Morgan fingerprint density at radius 1 is 1.33 bits per heavy atom. The molecular formula is C13H17FN4. The monoisotopic (exact) mass is 248 g/mol. The minimum atomic E-state index is -0.251. The van der Waals surface area contributed by atoms with Gasteiger partial charge in [-0.1, -0.05) is 6.92 Å². The highest BCUT2D eigenvalue weighted by Gasteiger charge is 2.16. The lowest BCUT2D eigenvalue weighted by Crippen LogP contribution is -2.15. The Morgan fingerprint density at radius 3 is 2.44 bits per heavy atom. The molecular weight excluding hydrogens is 231 g/mol. The van der Waals surface area contributed by atoms with Crippen LogP contribution in [0.25, 0.3) is 0 Å². The van der Waals surface area contributed by atoms with Crippen LogP contribution in [0, 0.1) is 5.82 Å². The van der Waals surface area contributed by atoms with Crippen LogP contribution in [0.2, 0.25) is 0 Å². The van der Waals surface area contributed by atoms with E-state index in [4.69, 9.17) is 5.73 Å². The first kappa shape index (κ1) is 12.4. The van der Waals surface area contributed by atoms with Gasteiger partial charge in [0.2, 0.25) is 0 Å². The molecule has 0 aliphatic rings. The van der Waals surface area contributed by atoms with Gasteiger partial charge in [0.1, 0.15) is 5.82 Å². The van der Waals surface area contributed by atoms with Crippen molar-refractivity contribution in [3.05, 3.63) is 35.8 Å². The Kier molecular flexibility index (Phi) is 3.23. The van der Waals surface area contributed by atoms with E-state index in [9.17, 15) is 4.39 Å². The maximum Gasteiger partial charge on any atom is 0.154 e. The highest BCUT2D eigenvalue weighted by atomic mass is 19.1. The highest BCUT2D eigenvalue weighted by molar-refractivity contribution is 5.73. The summed E-state index contributed by atoms with van der Waals surface area (Å²) in [6.07, 6.45) is 0.789. The second kappa shape index (κ2) is 4.68. The highest BCUT2D eigenvalue weighted by Crippen LogP contribution is 2.30. The van der Waals surface area contributed by atoms with Crippen molar-refractivity contribution in [2.45, 2.75) is 13.3 Å². The van der Waals surface area contributed by atoms with Gasteiger partial charge in [-0.15, -0.1) is 0 Å². The molecule has 0 aliphatic heterocycles. The van der Waals surface area contributed by atoms with E-state index in [-0.39, 0.29) is 5.82 Å². The number of hydrogen-bond donors (Lipinski definition) is 1. The largest absolute Gasteiger partial charge is 0.394 e. The summed E-state index contributed by atoms with van der Waals surface area (Å²) in [5.41, 5.74) is 8.50. The van der Waals surface area contributed by atoms with E-state index in [2.05, 4.69) is 5.10 Å². The fourth-order valence-electron chi connectivity index (χ4n) is 2.03. The summed E-state index contributed by atoms with van der Waals surface area (Å²) in [6, 6.07) is 6.29. The molecule has 0 spiro atoms. The first-order valence-corrected chi connectivity index (χ1v) is 5.85. The van der Waals surface area contributed by atoms with Gasteiger partial charge in [0.15, 0.2) is 5.82 Å². The molecule has 0 aliphatic carbocycles. The van der Waals surface area contributed by atoms with E-state index < -0.39 is 0 Å². The van der Waals surface area contributed by atoms with Gasteiger partial charge in [-0.05, 0) is 30.7 Å². The average molecular weight is 248 g/mol.